The molecular formula is C12H21ClN4O. The summed E-state index contributed by atoms with van der Waals surface area (Å²) >= 11 is 5.74. The van der Waals surface area contributed by atoms with E-state index in [0.717, 1.165) is 19.6 Å². The van der Waals surface area contributed by atoms with Crippen LogP contribution in [0.25, 0.3) is 0 Å². The van der Waals surface area contributed by atoms with Gasteiger partial charge in [-0.05, 0) is 13.1 Å². The van der Waals surface area contributed by atoms with Gasteiger partial charge in [-0.15, -0.1) is 0 Å². The lowest BCUT2D eigenvalue weighted by Gasteiger charge is -2.17. The smallest absolute Gasteiger partial charge is 0.221 e. The first-order valence-corrected chi connectivity index (χ1v) is 6.70. The van der Waals surface area contributed by atoms with Crippen molar-refractivity contribution in [1.82, 2.24) is 20.0 Å². The topological polar surface area (TPSA) is 50.2 Å². The first kappa shape index (κ1) is 15.0. The van der Waals surface area contributed by atoms with Gasteiger partial charge >= 0.3 is 0 Å². The predicted octanol–water partition coefficient (Wildman–Crippen LogP) is 1.38. The molecule has 0 saturated carbocycles. The van der Waals surface area contributed by atoms with Crippen molar-refractivity contribution < 1.29 is 4.79 Å². The molecule has 102 valence electrons. The van der Waals surface area contributed by atoms with Crippen molar-refractivity contribution in [2.45, 2.75) is 26.8 Å². The summed E-state index contributed by atoms with van der Waals surface area (Å²) in [5, 5.41) is 7.52. The van der Waals surface area contributed by atoms with E-state index < -0.39 is 0 Å². The number of carbonyl (C=O) groups excluding carboxylic acids is 1. The fourth-order valence-electron chi connectivity index (χ4n) is 1.66. The Hall–Kier alpha value is -1.07. The van der Waals surface area contributed by atoms with Crippen LogP contribution >= 0.6 is 11.6 Å². The van der Waals surface area contributed by atoms with Crippen LogP contribution in [0.15, 0.2) is 12.4 Å². The summed E-state index contributed by atoms with van der Waals surface area (Å²) < 4.78 is 1.67. The highest BCUT2D eigenvalue weighted by atomic mass is 35.5. The van der Waals surface area contributed by atoms with Gasteiger partial charge < -0.3 is 10.2 Å². The maximum absolute atomic E-state index is 11.6. The van der Waals surface area contributed by atoms with Crippen molar-refractivity contribution in [2.75, 3.05) is 26.2 Å². The van der Waals surface area contributed by atoms with Gasteiger partial charge in [0, 0.05) is 32.3 Å². The van der Waals surface area contributed by atoms with E-state index in [1.807, 2.05) is 0 Å². The number of hydrogen-bond acceptors (Lipinski definition) is 3. The van der Waals surface area contributed by atoms with E-state index in [1.54, 1.807) is 17.1 Å². The lowest BCUT2D eigenvalue weighted by Crippen LogP contribution is -2.35. The first-order valence-electron chi connectivity index (χ1n) is 6.32. The maximum atomic E-state index is 11.6. The molecule has 1 heterocycles. The van der Waals surface area contributed by atoms with Crippen molar-refractivity contribution in [3.63, 3.8) is 0 Å². The summed E-state index contributed by atoms with van der Waals surface area (Å²) in [7, 11) is 0. The summed E-state index contributed by atoms with van der Waals surface area (Å²) in [6, 6.07) is 0. The molecule has 1 amide bonds. The van der Waals surface area contributed by atoms with Gasteiger partial charge in [0.1, 0.15) is 0 Å². The highest BCUT2D eigenvalue weighted by Gasteiger charge is 2.04. The zero-order valence-corrected chi connectivity index (χ0v) is 11.8. The van der Waals surface area contributed by atoms with Crippen LogP contribution in [0, 0.1) is 0 Å². The molecular weight excluding hydrogens is 252 g/mol. The SMILES string of the molecule is CCN(CC)CCNC(=O)CCn1cc(Cl)cn1. The van der Waals surface area contributed by atoms with Gasteiger partial charge in [-0.25, -0.2) is 0 Å². The fraction of sp³-hybridized carbons (Fsp3) is 0.667. The number of rotatable bonds is 8. The Labute approximate surface area is 113 Å². The second-order valence-corrected chi connectivity index (χ2v) is 4.48. The molecule has 5 nitrogen and oxygen atoms in total. The van der Waals surface area contributed by atoms with E-state index in [9.17, 15) is 4.79 Å². The van der Waals surface area contributed by atoms with Crippen LogP contribution in [0.4, 0.5) is 0 Å². The van der Waals surface area contributed by atoms with E-state index >= 15 is 0 Å². The quantitative estimate of drug-likeness (QED) is 0.778. The van der Waals surface area contributed by atoms with Crippen molar-refractivity contribution in [1.29, 1.82) is 0 Å². The van der Waals surface area contributed by atoms with E-state index in [2.05, 4.69) is 29.2 Å². The van der Waals surface area contributed by atoms with Gasteiger partial charge in [-0.3, -0.25) is 9.48 Å². The molecule has 0 aromatic carbocycles. The van der Waals surface area contributed by atoms with Gasteiger partial charge in [-0.2, -0.15) is 5.10 Å². The second kappa shape index (κ2) is 8.11. The van der Waals surface area contributed by atoms with Crippen LogP contribution in [-0.2, 0) is 11.3 Å². The summed E-state index contributed by atoms with van der Waals surface area (Å²) in [4.78, 5) is 13.8. The zero-order valence-electron chi connectivity index (χ0n) is 11.0. The van der Waals surface area contributed by atoms with Crippen LogP contribution in [0.5, 0.6) is 0 Å². The molecule has 0 unspecified atom stereocenters. The number of amides is 1. The zero-order chi connectivity index (χ0) is 13.4. The third kappa shape index (κ3) is 5.51. The average molecular weight is 273 g/mol. The summed E-state index contributed by atoms with van der Waals surface area (Å²) in [6.07, 6.45) is 3.71. The number of likely N-dealkylation sites (N-methyl/N-ethyl adjacent to an activating group) is 1. The Morgan fingerprint density at radius 3 is 2.78 bits per heavy atom. The van der Waals surface area contributed by atoms with Gasteiger partial charge in [0.05, 0.1) is 11.2 Å². The van der Waals surface area contributed by atoms with Crippen LogP contribution < -0.4 is 5.32 Å². The minimum Gasteiger partial charge on any atom is -0.355 e. The second-order valence-electron chi connectivity index (χ2n) is 4.05. The number of aryl methyl sites for hydroxylation is 1. The van der Waals surface area contributed by atoms with Crippen LogP contribution in [0.1, 0.15) is 20.3 Å². The summed E-state index contributed by atoms with van der Waals surface area (Å²) in [5.74, 6) is 0.0498. The molecule has 18 heavy (non-hydrogen) atoms. The molecule has 1 rings (SSSR count). The highest BCUT2D eigenvalue weighted by molar-refractivity contribution is 6.30. The molecule has 0 bridgehead atoms. The van der Waals surface area contributed by atoms with E-state index in [0.29, 0.717) is 24.5 Å². The minimum absolute atomic E-state index is 0.0498. The number of carbonyl (C=O) groups is 1. The molecule has 1 N–H and O–H groups in total. The molecule has 1 aromatic rings. The van der Waals surface area contributed by atoms with Gasteiger partial charge in [-0.1, -0.05) is 25.4 Å². The number of nitrogens with zero attached hydrogens (tertiary/aromatic N) is 3. The molecule has 6 heteroatoms. The highest BCUT2D eigenvalue weighted by Crippen LogP contribution is 2.04. The number of nitrogens with one attached hydrogen (secondary N) is 1. The lowest BCUT2D eigenvalue weighted by atomic mass is 10.4. The number of aromatic nitrogens is 2. The van der Waals surface area contributed by atoms with Crippen LogP contribution in [-0.4, -0.2) is 46.8 Å². The van der Waals surface area contributed by atoms with Gasteiger partial charge in [0.15, 0.2) is 0 Å². The van der Waals surface area contributed by atoms with Crippen molar-refractivity contribution in [3.05, 3.63) is 17.4 Å². The van der Waals surface area contributed by atoms with Gasteiger partial charge in [0.25, 0.3) is 0 Å². The summed E-state index contributed by atoms with van der Waals surface area (Å²) in [5.41, 5.74) is 0. The molecule has 0 aliphatic carbocycles. The standard InChI is InChI=1S/C12H21ClN4O/c1-3-16(4-2)8-6-14-12(18)5-7-17-10-11(13)9-15-17/h9-10H,3-8H2,1-2H3,(H,14,18). The first-order chi connectivity index (χ1) is 8.65. The number of hydrogen-bond donors (Lipinski definition) is 1. The Morgan fingerprint density at radius 1 is 1.50 bits per heavy atom. The Bertz CT molecular complexity index is 363. The molecule has 1 aromatic heterocycles. The predicted molar refractivity (Wildman–Crippen MR) is 72.7 cm³/mol. The Kier molecular flexibility index (Phi) is 6.75. The van der Waals surface area contributed by atoms with Crippen LogP contribution in [0.3, 0.4) is 0 Å². The largest absolute Gasteiger partial charge is 0.355 e. The maximum Gasteiger partial charge on any atom is 0.221 e. The molecule has 0 spiro atoms. The normalized spacial score (nSPS) is 10.9. The van der Waals surface area contributed by atoms with Crippen LogP contribution in [0.2, 0.25) is 5.02 Å². The number of halogens is 1. The average Bonchev–Trinajstić information content (AvgIpc) is 2.78. The molecule has 0 saturated heterocycles. The monoisotopic (exact) mass is 272 g/mol. The van der Waals surface area contributed by atoms with Crippen molar-refractivity contribution >= 4 is 17.5 Å². The molecule has 0 atom stereocenters. The fourth-order valence-corrected chi connectivity index (χ4v) is 1.81. The summed E-state index contributed by atoms with van der Waals surface area (Å²) in [6.45, 7) is 8.41. The molecule has 0 aliphatic heterocycles. The third-order valence-electron chi connectivity index (χ3n) is 2.81. The molecule has 0 radical (unpaired) electrons. The minimum atomic E-state index is 0.0498. The lowest BCUT2D eigenvalue weighted by molar-refractivity contribution is -0.121. The van der Waals surface area contributed by atoms with E-state index in [1.165, 1.54) is 0 Å². The molecule has 0 fully saturated rings. The Morgan fingerprint density at radius 2 is 2.22 bits per heavy atom. The van der Waals surface area contributed by atoms with E-state index in [-0.39, 0.29) is 5.91 Å². The van der Waals surface area contributed by atoms with Gasteiger partial charge in [0.2, 0.25) is 5.91 Å². The van der Waals surface area contributed by atoms with Crippen molar-refractivity contribution in [2.24, 2.45) is 0 Å². The van der Waals surface area contributed by atoms with E-state index in [4.69, 9.17) is 11.6 Å². The third-order valence-corrected chi connectivity index (χ3v) is 3.01. The van der Waals surface area contributed by atoms with Crippen molar-refractivity contribution in [3.8, 4) is 0 Å². The Balaban J connectivity index is 2.14. The molecule has 0 aliphatic rings.